The molecular weight excluding hydrogens is 514 g/mol. The molecule has 42 heavy (non-hydrogen) atoms. The molecule has 0 N–H and O–H groups in total. The Hall–Kier alpha value is -2.60. The number of aryl methyl sites for hydroxylation is 2. The summed E-state index contributed by atoms with van der Waals surface area (Å²) in [5.74, 6) is 0.679. The topological polar surface area (TPSA) is 50.1 Å². The van der Waals surface area contributed by atoms with Gasteiger partial charge >= 0.3 is 5.97 Å². The molecule has 230 valence electrons. The number of hydrogen-bond acceptors (Lipinski definition) is 3. The lowest BCUT2D eigenvalue weighted by Crippen LogP contribution is -2.25. The Morgan fingerprint density at radius 3 is 1.74 bits per heavy atom. The van der Waals surface area contributed by atoms with Gasteiger partial charge in [0.05, 0.1) is 11.5 Å². The van der Waals surface area contributed by atoms with E-state index in [0.717, 1.165) is 44.1 Å². The van der Waals surface area contributed by atoms with E-state index < -0.39 is 0 Å². The van der Waals surface area contributed by atoms with Gasteiger partial charge in [-0.2, -0.15) is 5.26 Å². The molecule has 0 atom stereocenters. The van der Waals surface area contributed by atoms with E-state index in [4.69, 9.17) is 4.74 Å². The lowest BCUT2D eigenvalue weighted by molar-refractivity contribution is -0.140. The van der Waals surface area contributed by atoms with Gasteiger partial charge in [-0.15, -0.1) is 0 Å². The maximum absolute atomic E-state index is 13.0. The molecule has 2 aromatic carbocycles. The summed E-state index contributed by atoms with van der Waals surface area (Å²) in [5.41, 5.74) is 4.49. The van der Waals surface area contributed by atoms with Crippen LogP contribution in [-0.4, -0.2) is 5.97 Å². The van der Waals surface area contributed by atoms with Crippen molar-refractivity contribution in [3.63, 3.8) is 0 Å². The summed E-state index contributed by atoms with van der Waals surface area (Å²) in [6.07, 6.45) is 25.7. The molecule has 2 aromatic rings. The summed E-state index contributed by atoms with van der Waals surface area (Å²) in [5, 5.41) is 9.71. The molecule has 0 amide bonds. The van der Waals surface area contributed by atoms with E-state index in [0.29, 0.717) is 17.2 Å². The number of rotatable bonds is 20. The normalized spacial score (nSPS) is 16.7. The average Bonchev–Trinajstić information content (AvgIpc) is 3.03. The van der Waals surface area contributed by atoms with E-state index in [1.54, 1.807) is 0 Å². The number of ether oxygens (including phenoxy) is 1. The fourth-order valence-electron chi connectivity index (χ4n) is 6.47. The summed E-state index contributed by atoms with van der Waals surface area (Å²) < 4.78 is 5.79. The number of carbonyl (C=O) groups is 1. The van der Waals surface area contributed by atoms with Gasteiger partial charge in [-0.05, 0) is 86.1 Å². The molecule has 0 saturated heterocycles. The van der Waals surface area contributed by atoms with Crippen molar-refractivity contribution in [2.24, 2.45) is 5.92 Å². The summed E-state index contributed by atoms with van der Waals surface area (Å²) in [7, 11) is 0. The summed E-state index contributed by atoms with van der Waals surface area (Å²) in [6, 6.07) is 17.3. The van der Waals surface area contributed by atoms with Crippen LogP contribution in [0.15, 0.2) is 42.5 Å². The van der Waals surface area contributed by atoms with Gasteiger partial charge in [-0.1, -0.05) is 128 Å². The third-order valence-electron chi connectivity index (χ3n) is 9.27. The first-order valence-electron chi connectivity index (χ1n) is 17.5. The van der Waals surface area contributed by atoms with E-state index in [-0.39, 0.29) is 11.9 Å². The number of hydrogen-bond donors (Lipinski definition) is 0. The maximum atomic E-state index is 13.0. The molecule has 1 aliphatic carbocycles. The summed E-state index contributed by atoms with van der Waals surface area (Å²) in [6.45, 7) is 4.52. The number of unbranched alkanes of at least 4 members (excludes halogenated alkanes) is 13. The Kier molecular flexibility index (Phi) is 16.4. The quantitative estimate of drug-likeness (QED) is 0.0902. The molecule has 3 rings (SSSR count). The Morgan fingerprint density at radius 1 is 0.690 bits per heavy atom. The molecule has 0 unspecified atom stereocenters. The van der Waals surface area contributed by atoms with Crippen molar-refractivity contribution in [3.8, 4) is 11.8 Å². The zero-order chi connectivity index (χ0) is 29.8. The molecule has 0 heterocycles. The van der Waals surface area contributed by atoms with Gasteiger partial charge in [0.2, 0.25) is 0 Å². The highest BCUT2D eigenvalue weighted by atomic mass is 16.5. The van der Waals surface area contributed by atoms with Gasteiger partial charge in [0.1, 0.15) is 11.8 Å². The lowest BCUT2D eigenvalue weighted by atomic mass is 9.78. The third-order valence-corrected chi connectivity index (χ3v) is 9.27. The van der Waals surface area contributed by atoms with Crippen molar-refractivity contribution in [1.82, 2.24) is 0 Å². The summed E-state index contributed by atoms with van der Waals surface area (Å²) >= 11 is 0. The van der Waals surface area contributed by atoms with Crippen LogP contribution in [0.3, 0.4) is 0 Å². The lowest BCUT2D eigenvalue weighted by Gasteiger charge is -2.27. The van der Waals surface area contributed by atoms with Crippen molar-refractivity contribution in [2.75, 3.05) is 0 Å². The van der Waals surface area contributed by atoms with Crippen LogP contribution in [0.2, 0.25) is 0 Å². The predicted octanol–water partition coefficient (Wildman–Crippen LogP) is 11.4. The first kappa shape index (κ1) is 33.9. The number of carbonyl (C=O) groups excluding carboxylic acids is 1. The molecule has 1 fully saturated rings. The van der Waals surface area contributed by atoms with Crippen molar-refractivity contribution < 1.29 is 9.53 Å². The minimum atomic E-state index is -0.175. The average molecular weight is 572 g/mol. The van der Waals surface area contributed by atoms with E-state index in [9.17, 15) is 10.1 Å². The van der Waals surface area contributed by atoms with Crippen molar-refractivity contribution in [1.29, 1.82) is 5.26 Å². The second kappa shape index (κ2) is 20.3. The van der Waals surface area contributed by atoms with Crippen LogP contribution >= 0.6 is 0 Å². The van der Waals surface area contributed by atoms with Gasteiger partial charge in [0.15, 0.2) is 0 Å². The van der Waals surface area contributed by atoms with Crippen LogP contribution in [0.4, 0.5) is 0 Å². The first-order valence-corrected chi connectivity index (χ1v) is 17.5. The largest absolute Gasteiger partial charge is 0.425 e. The van der Waals surface area contributed by atoms with Crippen LogP contribution in [0.5, 0.6) is 5.75 Å². The molecule has 0 spiro atoms. The van der Waals surface area contributed by atoms with E-state index in [2.05, 4.69) is 44.2 Å². The van der Waals surface area contributed by atoms with Crippen LogP contribution in [-0.2, 0) is 17.6 Å². The second-order valence-electron chi connectivity index (χ2n) is 12.7. The van der Waals surface area contributed by atoms with Crippen LogP contribution < -0.4 is 4.74 Å². The Balaban J connectivity index is 1.36. The first-order chi connectivity index (χ1) is 20.6. The Morgan fingerprint density at radius 2 is 1.19 bits per heavy atom. The molecule has 3 heteroatoms. The molecule has 1 saturated carbocycles. The second-order valence-corrected chi connectivity index (χ2v) is 12.7. The molecule has 0 aliphatic heterocycles. The zero-order valence-corrected chi connectivity index (χ0v) is 26.8. The van der Waals surface area contributed by atoms with Gasteiger partial charge in [-0.3, -0.25) is 4.79 Å². The number of nitrogens with zero attached hydrogens (tertiary/aromatic N) is 1. The van der Waals surface area contributed by atoms with E-state index in [1.165, 1.54) is 107 Å². The van der Waals surface area contributed by atoms with Crippen LogP contribution in [0, 0.1) is 17.2 Å². The van der Waals surface area contributed by atoms with Gasteiger partial charge in [0.25, 0.3) is 0 Å². The van der Waals surface area contributed by atoms with E-state index in [1.807, 2.05) is 18.2 Å². The SMILES string of the molecule is CCCCCCCCCCc1ccc(C2CCC(C(=O)Oc3ccc(CCCCCCCCC)cc3C#N)CC2)cc1. The fraction of sp³-hybridized carbons (Fsp3) is 0.641. The van der Waals surface area contributed by atoms with Crippen LogP contribution in [0.25, 0.3) is 0 Å². The van der Waals surface area contributed by atoms with Gasteiger partial charge < -0.3 is 4.74 Å². The smallest absolute Gasteiger partial charge is 0.314 e. The van der Waals surface area contributed by atoms with Crippen molar-refractivity contribution >= 4 is 5.97 Å². The molecule has 0 aromatic heterocycles. The molecule has 0 bridgehead atoms. The number of benzene rings is 2. The number of nitriles is 1. The highest BCUT2D eigenvalue weighted by Crippen LogP contribution is 2.37. The predicted molar refractivity (Wildman–Crippen MR) is 176 cm³/mol. The highest BCUT2D eigenvalue weighted by Gasteiger charge is 2.29. The van der Waals surface area contributed by atoms with E-state index >= 15 is 0 Å². The monoisotopic (exact) mass is 571 g/mol. The molecule has 1 aliphatic rings. The van der Waals surface area contributed by atoms with Crippen molar-refractivity contribution in [3.05, 3.63) is 64.7 Å². The minimum absolute atomic E-state index is 0.0820. The fourth-order valence-corrected chi connectivity index (χ4v) is 6.47. The third kappa shape index (κ3) is 12.3. The molecule has 0 radical (unpaired) electrons. The van der Waals surface area contributed by atoms with Crippen LogP contribution in [0.1, 0.15) is 164 Å². The van der Waals surface area contributed by atoms with Gasteiger partial charge in [-0.25, -0.2) is 0 Å². The molecular formula is C39H57NO2. The van der Waals surface area contributed by atoms with Crippen molar-refractivity contribution in [2.45, 2.75) is 155 Å². The zero-order valence-electron chi connectivity index (χ0n) is 26.8. The maximum Gasteiger partial charge on any atom is 0.314 e. The minimum Gasteiger partial charge on any atom is -0.425 e. The standard InChI is InChI=1S/C39H57NO2/c1-3-5-7-9-11-13-14-16-18-32-20-23-34(24-21-32)35-25-27-36(28-26-35)39(41)42-38-29-22-33(30-37(38)31-40)19-17-15-12-10-8-6-4-2/h20-24,29-30,35-36H,3-19,25-28H2,1-2H3. The van der Waals surface area contributed by atoms with Gasteiger partial charge in [0, 0.05) is 0 Å². The Bertz CT molecular complexity index is 1060. The molecule has 3 nitrogen and oxygen atoms in total. The number of esters is 1. The highest BCUT2D eigenvalue weighted by molar-refractivity contribution is 5.76. The summed E-state index contributed by atoms with van der Waals surface area (Å²) in [4.78, 5) is 13.0. The Labute approximate surface area is 257 Å².